The minimum Gasteiger partial charge on any atom is -0.403 e. The van der Waals surface area contributed by atoms with Crippen molar-refractivity contribution in [3.05, 3.63) is 54.5 Å². The van der Waals surface area contributed by atoms with E-state index in [2.05, 4.69) is 30.1 Å². The summed E-state index contributed by atoms with van der Waals surface area (Å²) in [5.74, 6) is -2.00. The van der Waals surface area contributed by atoms with Crippen molar-refractivity contribution in [2.75, 3.05) is 51.1 Å². The van der Waals surface area contributed by atoms with E-state index in [1.54, 1.807) is 17.0 Å². The molecular weight excluding hydrogens is 566 g/mol. The van der Waals surface area contributed by atoms with Gasteiger partial charge in [0, 0.05) is 46.1 Å². The van der Waals surface area contributed by atoms with Gasteiger partial charge in [-0.2, -0.15) is 4.98 Å². The van der Waals surface area contributed by atoms with Crippen LogP contribution in [-0.4, -0.2) is 59.8 Å². The second-order valence-corrected chi connectivity index (χ2v) is 12.7. The Morgan fingerprint density at radius 2 is 1.72 bits per heavy atom. The van der Waals surface area contributed by atoms with E-state index in [-0.39, 0.29) is 53.4 Å². The van der Waals surface area contributed by atoms with Gasteiger partial charge in [-0.1, -0.05) is 12.1 Å². The van der Waals surface area contributed by atoms with Crippen LogP contribution in [0.2, 0.25) is 0 Å². The van der Waals surface area contributed by atoms with E-state index in [9.17, 15) is 30.2 Å². The molecule has 1 aromatic heterocycles. The second kappa shape index (κ2) is 10.7. The summed E-state index contributed by atoms with van der Waals surface area (Å²) >= 11 is 0. The molecule has 210 valence electrons. The fourth-order valence-electron chi connectivity index (χ4n) is 3.65. The van der Waals surface area contributed by atoms with Gasteiger partial charge in [-0.15, -0.1) is 13.2 Å². The lowest BCUT2D eigenvalue weighted by Crippen LogP contribution is -2.39. The summed E-state index contributed by atoms with van der Waals surface area (Å²) in [5, 5.41) is 5.24. The first-order valence-corrected chi connectivity index (χ1v) is 15.0. The molecule has 11 nitrogen and oxygen atoms in total. The van der Waals surface area contributed by atoms with Crippen molar-refractivity contribution >= 4 is 54.3 Å². The summed E-state index contributed by atoms with van der Waals surface area (Å²) in [7, 11) is -6.36. The van der Waals surface area contributed by atoms with Crippen LogP contribution in [0.3, 0.4) is 0 Å². The standard InChI is InChI=1S/C22H23F4N7O4S2/c1-38(34,35)32-17-5-3-2-4-16(17)29-20-15(23)13-28-21(31-20)30-18-7-6-14(12-19(18)37-22(24,25)26)33-8-10-39(27,36)11-9-33/h2-7,12-13,27,32H,8-11H2,1H3,(H2,28,29,30,31). The van der Waals surface area contributed by atoms with Crippen LogP contribution in [0, 0.1) is 10.6 Å². The SMILES string of the molecule is CS(=O)(=O)Nc1ccccc1Nc1nc(Nc2ccc(N3CCS(=N)(=O)CC3)cc2OC(F)(F)F)ncc1F. The Morgan fingerprint density at radius 1 is 1.05 bits per heavy atom. The van der Waals surface area contributed by atoms with Gasteiger partial charge < -0.3 is 20.3 Å². The molecule has 4 N–H and O–H groups in total. The zero-order valence-electron chi connectivity index (χ0n) is 20.3. The number of alkyl halides is 3. The lowest BCUT2D eigenvalue weighted by atomic mass is 10.2. The van der Waals surface area contributed by atoms with Crippen molar-refractivity contribution in [3.8, 4) is 5.75 Å². The van der Waals surface area contributed by atoms with Crippen LogP contribution >= 0.6 is 0 Å². The number of ether oxygens (including phenoxy) is 1. The van der Waals surface area contributed by atoms with Crippen LogP contribution in [0.4, 0.5) is 52.1 Å². The Bertz CT molecular complexity index is 1570. The lowest BCUT2D eigenvalue weighted by Gasteiger charge is -2.30. The molecule has 1 fully saturated rings. The number of rotatable bonds is 8. The number of benzene rings is 2. The fourth-order valence-corrected chi connectivity index (χ4v) is 5.46. The molecule has 0 spiro atoms. The van der Waals surface area contributed by atoms with E-state index in [1.807, 2.05) is 0 Å². The van der Waals surface area contributed by atoms with E-state index < -0.39 is 37.7 Å². The third kappa shape index (κ3) is 7.82. The molecule has 0 amide bonds. The Morgan fingerprint density at radius 3 is 2.36 bits per heavy atom. The number of hydrogen-bond acceptors (Lipinski definition) is 10. The number of sulfonamides is 1. The van der Waals surface area contributed by atoms with E-state index in [4.69, 9.17) is 4.78 Å². The zero-order chi connectivity index (χ0) is 28.4. The van der Waals surface area contributed by atoms with Gasteiger partial charge in [0.05, 0.1) is 29.5 Å². The van der Waals surface area contributed by atoms with Gasteiger partial charge in [0.15, 0.2) is 17.4 Å². The van der Waals surface area contributed by atoms with Crippen LogP contribution in [0.5, 0.6) is 5.75 Å². The molecule has 1 saturated heterocycles. The van der Waals surface area contributed by atoms with Crippen molar-refractivity contribution < 1.29 is 34.9 Å². The average molecular weight is 590 g/mol. The monoisotopic (exact) mass is 589 g/mol. The molecule has 2 heterocycles. The molecule has 3 aromatic rings. The zero-order valence-corrected chi connectivity index (χ0v) is 21.9. The van der Waals surface area contributed by atoms with Gasteiger partial charge in [0.2, 0.25) is 16.0 Å². The highest BCUT2D eigenvalue weighted by Gasteiger charge is 2.33. The highest BCUT2D eigenvalue weighted by molar-refractivity contribution is 7.92. The smallest absolute Gasteiger partial charge is 0.403 e. The molecule has 0 bridgehead atoms. The Balaban J connectivity index is 1.61. The molecule has 1 aliphatic rings. The third-order valence-electron chi connectivity index (χ3n) is 5.40. The molecule has 0 unspecified atom stereocenters. The predicted molar refractivity (Wildman–Crippen MR) is 139 cm³/mol. The van der Waals surface area contributed by atoms with Crippen LogP contribution in [0.1, 0.15) is 0 Å². The van der Waals surface area contributed by atoms with Crippen molar-refractivity contribution in [2.24, 2.45) is 0 Å². The van der Waals surface area contributed by atoms with Crippen LogP contribution < -0.4 is 25.0 Å². The summed E-state index contributed by atoms with van der Waals surface area (Å²) in [4.78, 5) is 9.45. The number of nitrogens with zero attached hydrogens (tertiary/aromatic N) is 3. The average Bonchev–Trinajstić information content (AvgIpc) is 2.82. The maximum Gasteiger partial charge on any atom is 0.573 e. The van der Waals surface area contributed by atoms with Gasteiger partial charge >= 0.3 is 6.36 Å². The summed E-state index contributed by atoms with van der Waals surface area (Å²) in [6.45, 7) is 0.457. The van der Waals surface area contributed by atoms with E-state index in [1.165, 1.54) is 24.3 Å². The number of hydrogen-bond donors (Lipinski definition) is 4. The van der Waals surface area contributed by atoms with Gasteiger partial charge in [0.25, 0.3) is 0 Å². The Hall–Kier alpha value is -3.86. The molecule has 0 radical (unpaired) electrons. The lowest BCUT2D eigenvalue weighted by molar-refractivity contribution is -0.274. The van der Waals surface area contributed by atoms with Gasteiger partial charge in [-0.05, 0) is 24.3 Å². The molecule has 39 heavy (non-hydrogen) atoms. The first-order chi connectivity index (χ1) is 18.2. The van der Waals surface area contributed by atoms with Gasteiger partial charge in [0.1, 0.15) is 0 Å². The largest absolute Gasteiger partial charge is 0.573 e. The molecular formula is C22H23F4N7O4S2. The van der Waals surface area contributed by atoms with Crippen LogP contribution in [0.25, 0.3) is 0 Å². The van der Waals surface area contributed by atoms with Crippen molar-refractivity contribution in [1.29, 1.82) is 4.78 Å². The highest BCUT2D eigenvalue weighted by Crippen LogP contribution is 2.36. The van der Waals surface area contributed by atoms with E-state index in [0.717, 1.165) is 18.5 Å². The molecule has 0 atom stereocenters. The summed E-state index contributed by atoms with van der Waals surface area (Å²) in [6.07, 6.45) is -3.30. The maximum absolute atomic E-state index is 14.5. The predicted octanol–water partition coefficient (Wildman–Crippen LogP) is 4.24. The second-order valence-electron chi connectivity index (χ2n) is 8.50. The van der Waals surface area contributed by atoms with Gasteiger partial charge in [-0.3, -0.25) is 9.50 Å². The third-order valence-corrected chi connectivity index (χ3v) is 7.68. The Labute approximate surface area is 221 Å². The van der Waals surface area contributed by atoms with Crippen molar-refractivity contribution in [2.45, 2.75) is 6.36 Å². The first kappa shape index (κ1) is 28.2. The minimum absolute atomic E-state index is 0.0878. The molecule has 1 aliphatic heterocycles. The normalized spacial score (nSPS) is 15.5. The number of halogens is 4. The molecule has 0 saturated carbocycles. The molecule has 17 heteroatoms. The number of aromatic nitrogens is 2. The van der Waals surface area contributed by atoms with E-state index in [0.29, 0.717) is 5.69 Å². The summed E-state index contributed by atoms with van der Waals surface area (Å²) < 4.78 is 103. The number of nitrogens with one attached hydrogen (secondary N) is 4. The molecule has 2 aromatic carbocycles. The van der Waals surface area contributed by atoms with Crippen molar-refractivity contribution in [1.82, 2.24) is 9.97 Å². The summed E-state index contributed by atoms with van der Waals surface area (Å²) in [5.41, 5.74) is 0.471. The minimum atomic E-state index is -5.03. The van der Waals surface area contributed by atoms with Crippen LogP contribution in [0.15, 0.2) is 48.7 Å². The topological polar surface area (TPSA) is 149 Å². The van der Waals surface area contributed by atoms with Crippen LogP contribution in [-0.2, 0) is 19.8 Å². The van der Waals surface area contributed by atoms with E-state index >= 15 is 0 Å². The quantitative estimate of drug-likeness (QED) is 0.283. The van der Waals surface area contributed by atoms with Gasteiger partial charge in [-0.25, -0.2) is 22.0 Å². The highest BCUT2D eigenvalue weighted by atomic mass is 32.2. The van der Waals surface area contributed by atoms with Crippen molar-refractivity contribution in [3.63, 3.8) is 0 Å². The summed E-state index contributed by atoms with van der Waals surface area (Å²) in [6, 6.07) is 9.99. The number of anilines is 6. The fraction of sp³-hybridized carbons (Fsp3) is 0.273. The maximum atomic E-state index is 14.5. The first-order valence-electron chi connectivity index (χ1n) is 11.2. The number of para-hydroxylation sites is 2. The Kier molecular flexibility index (Phi) is 7.74. The molecule has 0 aliphatic carbocycles. The molecule has 4 rings (SSSR count).